The molecule has 1 saturated carbocycles. The highest BCUT2D eigenvalue weighted by Crippen LogP contribution is 2.43. The number of amides is 2. The number of carbonyl (C=O) groups is 1. The summed E-state index contributed by atoms with van der Waals surface area (Å²) in [6.07, 6.45) is 4.19. The highest BCUT2D eigenvalue weighted by molar-refractivity contribution is 5.90. The van der Waals surface area contributed by atoms with Gasteiger partial charge in [-0.2, -0.15) is 0 Å². The van der Waals surface area contributed by atoms with Gasteiger partial charge in [0.2, 0.25) is 0 Å². The lowest BCUT2D eigenvalue weighted by atomic mass is 10.1. The third-order valence-electron chi connectivity index (χ3n) is 3.94. The van der Waals surface area contributed by atoms with Gasteiger partial charge in [-0.05, 0) is 48.9 Å². The Morgan fingerprint density at radius 1 is 1.17 bits per heavy atom. The van der Waals surface area contributed by atoms with Gasteiger partial charge in [-0.3, -0.25) is 0 Å². The molecular formula is C18H22N4O. The Kier molecular flexibility index (Phi) is 4.76. The van der Waals surface area contributed by atoms with Crippen molar-refractivity contribution in [3.8, 4) is 0 Å². The number of pyridine rings is 1. The number of nitrogens with zero attached hydrogens (tertiary/aromatic N) is 1. The van der Waals surface area contributed by atoms with Gasteiger partial charge in [-0.1, -0.05) is 24.3 Å². The maximum Gasteiger partial charge on any atom is 0.319 e. The van der Waals surface area contributed by atoms with Crippen LogP contribution >= 0.6 is 0 Å². The van der Waals surface area contributed by atoms with Crippen LogP contribution in [0.2, 0.25) is 0 Å². The second-order valence-corrected chi connectivity index (χ2v) is 5.84. The first kappa shape index (κ1) is 15.3. The van der Waals surface area contributed by atoms with E-state index >= 15 is 0 Å². The predicted octanol–water partition coefficient (Wildman–Crippen LogP) is 3.50. The molecule has 2 aromatic rings. The number of hydrogen-bond donors (Lipinski definition) is 3. The molecule has 0 atom stereocenters. The van der Waals surface area contributed by atoms with Crippen LogP contribution in [0.15, 0.2) is 42.6 Å². The van der Waals surface area contributed by atoms with Crippen LogP contribution in [-0.4, -0.2) is 24.1 Å². The smallest absolute Gasteiger partial charge is 0.319 e. The van der Waals surface area contributed by atoms with E-state index < -0.39 is 0 Å². The zero-order chi connectivity index (χ0) is 16.1. The number of anilines is 2. The van der Waals surface area contributed by atoms with Crippen molar-refractivity contribution in [2.45, 2.75) is 25.7 Å². The van der Waals surface area contributed by atoms with Crippen LogP contribution in [-0.2, 0) is 0 Å². The van der Waals surface area contributed by atoms with E-state index in [1.165, 1.54) is 18.4 Å². The van der Waals surface area contributed by atoms with Crippen molar-refractivity contribution in [3.63, 3.8) is 0 Å². The number of aromatic nitrogens is 1. The zero-order valence-corrected chi connectivity index (χ0v) is 13.3. The first-order valence-electron chi connectivity index (χ1n) is 8.03. The second kappa shape index (κ2) is 7.13. The van der Waals surface area contributed by atoms with Gasteiger partial charge in [0.05, 0.1) is 0 Å². The van der Waals surface area contributed by atoms with Gasteiger partial charge in [0.1, 0.15) is 5.82 Å². The summed E-state index contributed by atoms with van der Waals surface area (Å²) in [5.74, 6) is 1.47. The Morgan fingerprint density at radius 2 is 2.00 bits per heavy atom. The summed E-state index contributed by atoms with van der Waals surface area (Å²) in [5, 5.41) is 9.03. The van der Waals surface area contributed by atoms with Crippen molar-refractivity contribution < 1.29 is 4.79 Å². The molecule has 0 radical (unpaired) electrons. The minimum Gasteiger partial charge on any atom is -0.368 e. The third-order valence-corrected chi connectivity index (χ3v) is 3.94. The Morgan fingerprint density at radius 3 is 2.78 bits per heavy atom. The molecule has 3 N–H and O–H groups in total. The van der Waals surface area contributed by atoms with Gasteiger partial charge in [-0.25, -0.2) is 9.78 Å². The Hall–Kier alpha value is -2.56. The number of nitrogens with one attached hydrogen (secondary N) is 3. The fraction of sp³-hybridized carbons (Fsp3) is 0.333. The second-order valence-electron chi connectivity index (χ2n) is 5.84. The molecule has 5 heteroatoms. The molecule has 120 valence electrons. The molecule has 1 aromatic heterocycles. The van der Waals surface area contributed by atoms with Crippen LogP contribution in [0.4, 0.5) is 16.3 Å². The van der Waals surface area contributed by atoms with E-state index in [1.54, 1.807) is 6.20 Å². The number of rotatable bonds is 6. The summed E-state index contributed by atoms with van der Waals surface area (Å²) < 4.78 is 0. The number of urea groups is 1. The van der Waals surface area contributed by atoms with Crippen LogP contribution in [0.3, 0.4) is 0 Å². The maximum absolute atomic E-state index is 12.0. The van der Waals surface area contributed by atoms with Gasteiger partial charge < -0.3 is 16.0 Å². The van der Waals surface area contributed by atoms with E-state index in [9.17, 15) is 4.79 Å². The van der Waals surface area contributed by atoms with Crippen molar-refractivity contribution in [1.29, 1.82) is 0 Å². The monoisotopic (exact) mass is 310 g/mol. The lowest BCUT2D eigenvalue weighted by Gasteiger charge is -2.12. The average molecular weight is 310 g/mol. The normalized spacial score (nSPS) is 13.4. The van der Waals surface area contributed by atoms with Gasteiger partial charge >= 0.3 is 6.03 Å². The SMILES string of the molecule is Cc1cccnc1NCCNC(=O)Nc1ccccc1C1CC1. The molecular weight excluding hydrogens is 288 g/mol. The molecule has 0 unspecified atom stereocenters. The van der Waals surface area contributed by atoms with E-state index in [4.69, 9.17) is 0 Å². The van der Waals surface area contributed by atoms with Gasteiger partial charge in [0, 0.05) is 25.0 Å². The van der Waals surface area contributed by atoms with Crippen molar-refractivity contribution in [1.82, 2.24) is 10.3 Å². The first-order valence-corrected chi connectivity index (χ1v) is 8.03. The number of hydrogen-bond acceptors (Lipinski definition) is 3. The zero-order valence-electron chi connectivity index (χ0n) is 13.3. The lowest BCUT2D eigenvalue weighted by molar-refractivity contribution is 0.252. The van der Waals surface area contributed by atoms with Crippen LogP contribution < -0.4 is 16.0 Å². The minimum absolute atomic E-state index is 0.169. The Labute approximate surface area is 136 Å². The number of para-hydroxylation sites is 1. The number of carbonyl (C=O) groups excluding carboxylic acids is 1. The molecule has 5 nitrogen and oxygen atoms in total. The molecule has 1 heterocycles. The van der Waals surface area contributed by atoms with Crippen LogP contribution in [0.1, 0.15) is 29.9 Å². The minimum atomic E-state index is -0.169. The molecule has 0 aliphatic heterocycles. The van der Waals surface area contributed by atoms with Crippen molar-refractivity contribution >= 4 is 17.5 Å². The predicted molar refractivity (Wildman–Crippen MR) is 92.9 cm³/mol. The molecule has 2 amide bonds. The summed E-state index contributed by atoms with van der Waals surface area (Å²) >= 11 is 0. The Bertz CT molecular complexity index is 682. The van der Waals surface area contributed by atoms with E-state index in [0.717, 1.165) is 17.1 Å². The fourth-order valence-electron chi connectivity index (χ4n) is 2.56. The summed E-state index contributed by atoms with van der Waals surface area (Å²) in [6, 6.07) is 11.8. The molecule has 23 heavy (non-hydrogen) atoms. The molecule has 3 rings (SSSR count). The molecule has 1 aromatic carbocycles. The molecule has 0 bridgehead atoms. The van der Waals surface area contributed by atoms with E-state index in [0.29, 0.717) is 19.0 Å². The molecule has 0 saturated heterocycles. The first-order chi connectivity index (χ1) is 11.2. The standard InChI is InChI=1S/C18H22N4O/c1-13-5-4-10-19-17(13)20-11-12-21-18(23)22-16-7-3-2-6-15(16)14-8-9-14/h2-7,10,14H,8-9,11-12H2,1H3,(H,19,20)(H2,21,22,23). The van der Waals surface area contributed by atoms with Gasteiger partial charge in [-0.15, -0.1) is 0 Å². The van der Waals surface area contributed by atoms with Gasteiger partial charge in [0.15, 0.2) is 0 Å². The molecule has 0 spiro atoms. The average Bonchev–Trinajstić information content (AvgIpc) is 3.38. The quantitative estimate of drug-likeness (QED) is 0.715. The van der Waals surface area contributed by atoms with E-state index in [1.807, 2.05) is 37.3 Å². The molecule has 1 aliphatic carbocycles. The highest BCUT2D eigenvalue weighted by atomic mass is 16.2. The van der Waals surface area contributed by atoms with E-state index in [-0.39, 0.29) is 6.03 Å². The molecule has 1 fully saturated rings. The van der Waals surface area contributed by atoms with Crippen molar-refractivity contribution in [2.75, 3.05) is 23.7 Å². The largest absolute Gasteiger partial charge is 0.368 e. The van der Waals surface area contributed by atoms with Crippen LogP contribution in [0.5, 0.6) is 0 Å². The van der Waals surface area contributed by atoms with Crippen molar-refractivity contribution in [2.24, 2.45) is 0 Å². The third kappa shape index (κ3) is 4.22. The fourth-order valence-corrected chi connectivity index (χ4v) is 2.56. The number of aryl methyl sites for hydroxylation is 1. The highest BCUT2D eigenvalue weighted by Gasteiger charge is 2.26. The number of benzene rings is 1. The maximum atomic E-state index is 12.0. The van der Waals surface area contributed by atoms with Crippen LogP contribution in [0.25, 0.3) is 0 Å². The summed E-state index contributed by atoms with van der Waals surface area (Å²) in [7, 11) is 0. The lowest BCUT2D eigenvalue weighted by Crippen LogP contribution is -2.33. The van der Waals surface area contributed by atoms with Gasteiger partial charge in [0.25, 0.3) is 0 Å². The topological polar surface area (TPSA) is 66.0 Å². The molecule has 1 aliphatic rings. The summed E-state index contributed by atoms with van der Waals surface area (Å²) in [6.45, 7) is 3.17. The van der Waals surface area contributed by atoms with Crippen molar-refractivity contribution in [3.05, 3.63) is 53.7 Å². The summed E-state index contributed by atoms with van der Waals surface area (Å²) in [4.78, 5) is 16.3. The summed E-state index contributed by atoms with van der Waals surface area (Å²) in [5.41, 5.74) is 3.25. The Balaban J connectivity index is 1.44. The van der Waals surface area contributed by atoms with E-state index in [2.05, 4.69) is 27.0 Å². The van der Waals surface area contributed by atoms with Crippen LogP contribution in [0, 0.1) is 6.92 Å².